The van der Waals surface area contributed by atoms with Crippen LogP contribution in [0.2, 0.25) is 0 Å². The molecular formula is C11H21NO3. The molecule has 0 aliphatic heterocycles. The fraction of sp³-hybridized carbons (Fsp3) is 0.909. The van der Waals surface area contributed by atoms with E-state index in [1.807, 2.05) is 0 Å². The van der Waals surface area contributed by atoms with Crippen molar-refractivity contribution in [2.24, 2.45) is 0 Å². The van der Waals surface area contributed by atoms with Gasteiger partial charge < -0.3 is 14.8 Å². The predicted molar refractivity (Wildman–Crippen MR) is 57.8 cm³/mol. The Morgan fingerprint density at radius 3 is 2.73 bits per heavy atom. The maximum Gasteiger partial charge on any atom is 0.407 e. The molecule has 0 aromatic carbocycles. The zero-order valence-corrected chi connectivity index (χ0v) is 9.46. The van der Waals surface area contributed by atoms with Crippen LogP contribution in [-0.4, -0.2) is 32.0 Å². The van der Waals surface area contributed by atoms with Gasteiger partial charge in [0.15, 0.2) is 0 Å². The highest BCUT2D eigenvalue weighted by Gasteiger charge is 2.13. The normalized spacial score (nSPS) is 17.4. The van der Waals surface area contributed by atoms with Crippen LogP contribution in [0.3, 0.4) is 0 Å². The molecule has 4 nitrogen and oxygen atoms in total. The van der Waals surface area contributed by atoms with Crippen LogP contribution < -0.4 is 5.32 Å². The Labute approximate surface area is 91.3 Å². The van der Waals surface area contributed by atoms with Gasteiger partial charge in [-0.2, -0.15) is 0 Å². The van der Waals surface area contributed by atoms with Gasteiger partial charge in [-0.15, -0.1) is 0 Å². The van der Waals surface area contributed by atoms with Crippen molar-refractivity contribution in [2.75, 3.05) is 19.8 Å². The van der Waals surface area contributed by atoms with Gasteiger partial charge in [0.1, 0.15) is 0 Å². The van der Waals surface area contributed by atoms with E-state index in [0.717, 1.165) is 0 Å². The monoisotopic (exact) mass is 215 g/mol. The van der Waals surface area contributed by atoms with Crippen LogP contribution in [0.15, 0.2) is 0 Å². The van der Waals surface area contributed by atoms with Crippen molar-refractivity contribution < 1.29 is 14.3 Å². The fourth-order valence-electron chi connectivity index (χ4n) is 1.79. The summed E-state index contributed by atoms with van der Waals surface area (Å²) in [6, 6.07) is 0. The highest BCUT2D eigenvalue weighted by atomic mass is 16.5. The number of nitrogens with one attached hydrogen (secondary N) is 1. The third kappa shape index (κ3) is 5.62. The molecule has 0 bridgehead atoms. The molecule has 88 valence electrons. The van der Waals surface area contributed by atoms with Crippen molar-refractivity contribution >= 4 is 6.09 Å². The third-order valence-corrected chi connectivity index (χ3v) is 2.55. The minimum absolute atomic E-state index is 0.357. The Morgan fingerprint density at radius 2 is 2.07 bits per heavy atom. The summed E-state index contributed by atoms with van der Waals surface area (Å²) in [6.07, 6.45) is 6.26. The van der Waals surface area contributed by atoms with Gasteiger partial charge in [-0.1, -0.05) is 19.3 Å². The van der Waals surface area contributed by atoms with Crippen LogP contribution >= 0.6 is 0 Å². The molecule has 1 rings (SSSR count). The smallest absolute Gasteiger partial charge is 0.407 e. The lowest BCUT2D eigenvalue weighted by molar-refractivity contribution is 0.0299. The van der Waals surface area contributed by atoms with Gasteiger partial charge in [0.2, 0.25) is 0 Å². The second-order valence-electron chi connectivity index (χ2n) is 3.78. The maximum atomic E-state index is 10.9. The molecule has 0 aromatic heterocycles. The SMILES string of the molecule is CCOC(=O)NCCOC1CCCCC1. The molecule has 0 heterocycles. The molecule has 1 aliphatic rings. The summed E-state index contributed by atoms with van der Waals surface area (Å²) in [4.78, 5) is 10.9. The van der Waals surface area contributed by atoms with Crippen molar-refractivity contribution in [1.29, 1.82) is 0 Å². The van der Waals surface area contributed by atoms with Gasteiger partial charge in [0.05, 0.1) is 19.3 Å². The molecule has 1 fully saturated rings. The summed E-state index contributed by atoms with van der Waals surface area (Å²) >= 11 is 0. The highest BCUT2D eigenvalue weighted by molar-refractivity contribution is 5.66. The van der Waals surface area contributed by atoms with Crippen LogP contribution in [0, 0.1) is 0 Å². The summed E-state index contributed by atoms with van der Waals surface area (Å²) in [5.41, 5.74) is 0. The topological polar surface area (TPSA) is 47.6 Å². The number of hydrogen-bond donors (Lipinski definition) is 1. The van der Waals surface area contributed by atoms with Crippen molar-refractivity contribution in [3.05, 3.63) is 0 Å². The van der Waals surface area contributed by atoms with E-state index in [4.69, 9.17) is 9.47 Å². The molecule has 1 N–H and O–H groups in total. The summed E-state index contributed by atoms with van der Waals surface area (Å²) in [6.45, 7) is 3.33. The highest BCUT2D eigenvalue weighted by Crippen LogP contribution is 2.19. The van der Waals surface area contributed by atoms with E-state index < -0.39 is 0 Å². The lowest BCUT2D eigenvalue weighted by Crippen LogP contribution is -2.29. The van der Waals surface area contributed by atoms with Gasteiger partial charge in [0, 0.05) is 6.54 Å². The van der Waals surface area contributed by atoms with Crippen LogP contribution in [0.1, 0.15) is 39.0 Å². The van der Waals surface area contributed by atoms with Crippen molar-refractivity contribution in [3.63, 3.8) is 0 Å². The standard InChI is InChI=1S/C11H21NO3/c1-2-14-11(13)12-8-9-15-10-6-4-3-5-7-10/h10H,2-9H2,1H3,(H,12,13). The van der Waals surface area contributed by atoms with E-state index in [9.17, 15) is 4.79 Å². The quantitative estimate of drug-likeness (QED) is 0.714. The lowest BCUT2D eigenvalue weighted by atomic mass is 9.98. The minimum Gasteiger partial charge on any atom is -0.450 e. The summed E-state index contributed by atoms with van der Waals surface area (Å²) < 4.78 is 10.4. The first-order valence-electron chi connectivity index (χ1n) is 5.85. The molecule has 1 amide bonds. The van der Waals surface area contributed by atoms with Crippen LogP contribution in [0.5, 0.6) is 0 Å². The number of alkyl carbamates (subject to hydrolysis) is 1. The van der Waals surface area contributed by atoms with Gasteiger partial charge in [-0.05, 0) is 19.8 Å². The Balaban J connectivity index is 1.93. The first-order chi connectivity index (χ1) is 7.33. The molecule has 4 heteroatoms. The van der Waals surface area contributed by atoms with E-state index in [-0.39, 0.29) is 6.09 Å². The van der Waals surface area contributed by atoms with Crippen molar-refractivity contribution in [1.82, 2.24) is 5.32 Å². The molecule has 0 saturated heterocycles. The summed E-state index contributed by atoms with van der Waals surface area (Å²) in [5.74, 6) is 0. The molecule has 1 aliphatic carbocycles. The average Bonchev–Trinajstić information content (AvgIpc) is 2.26. The van der Waals surface area contributed by atoms with E-state index >= 15 is 0 Å². The fourth-order valence-corrected chi connectivity index (χ4v) is 1.79. The summed E-state index contributed by atoms with van der Waals surface area (Å²) in [7, 11) is 0. The number of hydrogen-bond acceptors (Lipinski definition) is 3. The number of carbonyl (C=O) groups is 1. The second-order valence-corrected chi connectivity index (χ2v) is 3.78. The van der Waals surface area contributed by atoms with Crippen LogP contribution in [0.4, 0.5) is 4.79 Å². The molecular weight excluding hydrogens is 194 g/mol. The van der Waals surface area contributed by atoms with Gasteiger partial charge in [0.25, 0.3) is 0 Å². The van der Waals surface area contributed by atoms with Crippen molar-refractivity contribution in [2.45, 2.75) is 45.1 Å². The predicted octanol–water partition coefficient (Wildman–Crippen LogP) is 2.08. The Kier molecular flexibility index (Phi) is 6.16. The lowest BCUT2D eigenvalue weighted by Gasteiger charge is -2.21. The van der Waals surface area contributed by atoms with Crippen LogP contribution in [-0.2, 0) is 9.47 Å². The Morgan fingerprint density at radius 1 is 1.33 bits per heavy atom. The number of amides is 1. The maximum absolute atomic E-state index is 10.9. The van der Waals surface area contributed by atoms with Gasteiger partial charge >= 0.3 is 6.09 Å². The van der Waals surface area contributed by atoms with Crippen molar-refractivity contribution in [3.8, 4) is 0 Å². The molecule has 0 spiro atoms. The molecule has 0 aromatic rings. The third-order valence-electron chi connectivity index (χ3n) is 2.55. The number of ether oxygens (including phenoxy) is 2. The molecule has 15 heavy (non-hydrogen) atoms. The number of carbonyl (C=O) groups excluding carboxylic acids is 1. The van der Waals surface area contributed by atoms with E-state index in [1.165, 1.54) is 32.1 Å². The molecule has 0 radical (unpaired) electrons. The second kappa shape index (κ2) is 7.51. The zero-order chi connectivity index (χ0) is 10.9. The molecule has 1 saturated carbocycles. The van der Waals surface area contributed by atoms with Gasteiger partial charge in [-0.3, -0.25) is 0 Å². The van der Waals surface area contributed by atoms with Gasteiger partial charge in [-0.25, -0.2) is 4.79 Å². The van der Waals surface area contributed by atoms with Crippen LogP contribution in [0.25, 0.3) is 0 Å². The largest absolute Gasteiger partial charge is 0.450 e. The Bertz CT molecular complexity index is 179. The average molecular weight is 215 g/mol. The first-order valence-corrected chi connectivity index (χ1v) is 5.85. The molecule has 0 atom stereocenters. The molecule has 0 unspecified atom stereocenters. The first kappa shape index (κ1) is 12.3. The zero-order valence-electron chi connectivity index (χ0n) is 9.46. The van der Waals surface area contributed by atoms with E-state index in [2.05, 4.69) is 5.32 Å². The minimum atomic E-state index is -0.357. The summed E-state index contributed by atoms with van der Waals surface area (Å²) in [5, 5.41) is 2.64. The van der Waals surface area contributed by atoms with E-state index in [1.54, 1.807) is 6.92 Å². The van der Waals surface area contributed by atoms with E-state index in [0.29, 0.717) is 25.9 Å². The Hall–Kier alpha value is -0.770. The number of rotatable bonds is 5.